The molecule has 0 aromatic heterocycles. The lowest BCUT2D eigenvalue weighted by Crippen LogP contribution is -2.32. The molecule has 0 fully saturated rings. The SMILES string of the molecule is COc1ccc(S[C@@H](C)C(=O)N(C)OC)cc1. The molecule has 1 rings (SSSR count). The van der Waals surface area contributed by atoms with E-state index in [4.69, 9.17) is 9.57 Å². The maximum Gasteiger partial charge on any atom is 0.259 e. The molecule has 0 saturated carbocycles. The first-order valence-electron chi connectivity index (χ1n) is 5.21. The molecule has 1 aromatic rings. The number of amides is 1. The minimum absolute atomic E-state index is 0.0617. The highest BCUT2D eigenvalue weighted by Crippen LogP contribution is 2.26. The van der Waals surface area contributed by atoms with Gasteiger partial charge in [-0.2, -0.15) is 0 Å². The number of hydrogen-bond donors (Lipinski definition) is 0. The molecule has 0 saturated heterocycles. The fraction of sp³-hybridized carbons (Fsp3) is 0.417. The third-order valence-corrected chi connectivity index (χ3v) is 3.40. The minimum atomic E-state index is -0.187. The van der Waals surface area contributed by atoms with Crippen molar-refractivity contribution in [2.24, 2.45) is 0 Å². The molecular formula is C12H17NO3S. The van der Waals surface area contributed by atoms with Crippen LogP contribution in [0.15, 0.2) is 29.2 Å². The van der Waals surface area contributed by atoms with E-state index in [1.807, 2.05) is 31.2 Å². The average Bonchev–Trinajstić information content (AvgIpc) is 2.37. The van der Waals surface area contributed by atoms with Gasteiger partial charge in [0.05, 0.1) is 19.5 Å². The van der Waals surface area contributed by atoms with E-state index in [9.17, 15) is 4.79 Å². The molecule has 0 aliphatic heterocycles. The Labute approximate surface area is 106 Å². The predicted octanol–water partition coefficient (Wildman–Crippen LogP) is 2.20. The smallest absolute Gasteiger partial charge is 0.259 e. The van der Waals surface area contributed by atoms with Crippen LogP contribution in [0.1, 0.15) is 6.92 Å². The van der Waals surface area contributed by atoms with Crippen LogP contribution in [0.5, 0.6) is 5.75 Å². The van der Waals surface area contributed by atoms with E-state index in [1.165, 1.54) is 23.9 Å². The second-order valence-corrected chi connectivity index (χ2v) is 4.87. The molecule has 0 bridgehead atoms. The lowest BCUT2D eigenvalue weighted by molar-refractivity contribution is -0.167. The lowest BCUT2D eigenvalue weighted by atomic mass is 10.3. The van der Waals surface area contributed by atoms with Crippen molar-refractivity contribution < 1.29 is 14.4 Å². The van der Waals surface area contributed by atoms with Crippen molar-refractivity contribution in [3.63, 3.8) is 0 Å². The third kappa shape index (κ3) is 3.94. The molecule has 0 radical (unpaired) electrons. The second kappa shape index (κ2) is 6.51. The van der Waals surface area contributed by atoms with Crippen LogP contribution < -0.4 is 4.74 Å². The highest BCUT2D eigenvalue weighted by Gasteiger charge is 2.18. The molecule has 0 aliphatic rings. The van der Waals surface area contributed by atoms with Crippen molar-refractivity contribution in [2.45, 2.75) is 17.1 Å². The summed E-state index contributed by atoms with van der Waals surface area (Å²) in [6, 6.07) is 7.61. The van der Waals surface area contributed by atoms with Crippen LogP contribution in [0.4, 0.5) is 0 Å². The molecule has 1 amide bonds. The van der Waals surface area contributed by atoms with Crippen LogP contribution in [0, 0.1) is 0 Å². The van der Waals surface area contributed by atoms with Crippen LogP contribution in [0.3, 0.4) is 0 Å². The Bertz CT molecular complexity index is 367. The summed E-state index contributed by atoms with van der Waals surface area (Å²) < 4.78 is 5.07. The summed E-state index contributed by atoms with van der Waals surface area (Å²) in [6.07, 6.45) is 0. The van der Waals surface area contributed by atoms with Gasteiger partial charge in [0.1, 0.15) is 5.75 Å². The molecule has 4 nitrogen and oxygen atoms in total. The summed E-state index contributed by atoms with van der Waals surface area (Å²) in [5.74, 6) is 0.746. The number of ether oxygens (including phenoxy) is 1. The van der Waals surface area contributed by atoms with Gasteiger partial charge in [0.15, 0.2) is 0 Å². The highest BCUT2D eigenvalue weighted by molar-refractivity contribution is 8.00. The minimum Gasteiger partial charge on any atom is -0.497 e. The summed E-state index contributed by atoms with van der Waals surface area (Å²) >= 11 is 1.49. The first kappa shape index (κ1) is 13.9. The number of hydrogen-bond acceptors (Lipinski definition) is 4. The fourth-order valence-electron chi connectivity index (χ4n) is 1.25. The monoisotopic (exact) mass is 255 g/mol. The lowest BCUT2D eigenvalue weighted by Gasteiger charge is -2.18. The molecule has 0 heterocycles. The normalized spacial score (nSPS) is 12.0. The van der Waals surface area contributed by atoms with E-state index in [2.05, 4.69) is 0 Å². The van der Waals surface area contributed by atoms with Crippen LogP contribution in [0.25, 0.3) is 0 Å². The first-order valence-corrected chi connectivity index (χ1v) is 6.09. The largest absolute Gasteiger partial charge is 0.497 e. The van der Waals surface area contributed by atoms with Crippen molar-refractivity contribution in [1.82, 2.24) is 5.06 Å². The summed E-state index contributed by atoms with van der Waals surface area (Å²) in [5.41, 5.74) is 0. The van der Waals surface area contributed by atoms with Gasteiger partial charge in [-0.25, -0.2) is 5.06 Å². The standard InChI is InChI=1S/C12H17NO3S/c1-9(12(14)13(2)16-4)17-11-7-5-10(15-3)6-8-11/h5-9H,1-4H3/t9-/m0/s1. The Balaban J connectivity index is 2.61. The number of nitrogens with zero attached hydrogens (tertiary/aromatic N) is 1. The van der Waals surface area contributed by atoms with Crippen LogP contribution in [-0.4, -0.2) is 37.5 Å². The van der Waals surface area contributed by atoms with E-state index in [-0.39, 0.29) is 11.2 Å². The van der Waals surface area contributed by atoms with Crippen LogP contribution in [0.2, 0.25) is 0 Å². The van der Waals surface area contributed by atoms with Gasteiger partial charge in [0.2, 0.25) is 0 Å². The van der Waals surface area contributed by atoms with E-state index in [1.54, 1.807) is 14.2 Å². The van der Waals surface area contributed by atoms with Crippen molar-refractivity contribution in [2.75, 3.05) is 21.3 Å². The molecule has 5 heteroatoms. The average molecular weight is 255 g/mol. The molecule has 0 spiro atoms. The first-order chi connectivity index (χ1) is 8.08. The molecular weight excluding hydrogens is 238 g/mol. The summed E-state index contributed by atoms with van der Waals surface area (Å²) in [7, 11) is 4.71. The number of carbonyl (C=O) groups is 1. The van der Waals surface area contributed by atoms with E-state index in [0.717, 1.165) is 10.6 Å². The fourth-order valence-corrected chi connectivity index (χ4v) is 2.21. The third-order valence-electron chi connectivity index (χ3n) is 2.30. The predicted molar refractivity (Wildman–Crippen MR) is 68.1 cm³/mol. The van der Waals surface area contributed by atoms with Crippen molar-refractivity contribution in [1.29, 1.82) is 0 Å². The van der Waals surface area contributed by atoms with Gasteiger partial charge in [-0.15, -0.1) is 11.8 Å². The number of hydroxylamine groups is 2. The zero-order valence-corrected chi connectivity index (χ0v) is 11.3. The summed E-state index contributed by atoms with van der Waals surface area (Å²) in [6.45, 7) is 1.85. The van der Waals surface area contributed by atoms with Gasteiger partial charge in [-0.1, -0.05) is 0 Å². The van der Waals surface area contributed by atoms with E-state index >= 15 is 0 Å². The van der Waals surface area contributed by atoms with E-state index < -0.39 is 0 Å². The number of methoxy groups -OCH3 is 1. The Morgan fingerprint density at radius 1 is 1.29 bits per heavy atom. The maximum absolute atomic E-state index is 11.8. The van der Waals surface area contributed by atoms with Gasteiger partial charge in [0, 0.05) is 11.9 Å². The van der Waals surface area contributed by atoms with Crippen molar-refractivity contribution >= 4 is 17.7 Å². The molecule has 1 aromatic carbocycles. The number of benzene rings is 1. The maximum atomic E-state index is 11.8. The molecule has 0 unspecified atom stereocenters. The van der Waals surface area contributed by atoms with Gasteiger partial charge in [0.25, 0.3) is 5.91 Å². The summed E-state index contributed by atoms with van der Waals surface area (Å²) in [4.78, 5) is 17.6. The number of rotatable bonds is 5. The molecule has 94 valence electrons. The number of carbonyl (C=O) groups excluding carboxylic acids is 1. The van der Waals surface area contributed by atoms with Crippen molar-refractivity contribution in [3.8, 4) is 5.75 Å². The molecule has 1 atom stereocenters. The zero-order chi connectivity index (χ0) is 12.8. The molecule has 0 aliphatic carbocycles. The Morgan fingerprint density at radius 2 is 1.88 bits per heavy atom. The quantitative estimate of drug-likeness (QED) is 0.597. The van der Waals surface area contributed by atoms with Crippen molar-refractivity contribution in [3.05, 3.63) is 24.3 Å². The topological polar surface area (TPSA) is 38.8 Å². The Morgan fingerprint density at radius 3 is 2.35 bits per heavy atom. The zero-order valence-electron chi connectivity index (χ0n) is 10.5. The number of thioether (sulfide) groups is 1. The van der Waals surface area contributed by atoms with Gasteiger partial charge in [-0.05, 0) is 31.2 Å². The van der Waals surface area contributed by atoms with Crippen LogP contribution >= 0.6 is 11.8 Å². The summed E-state index contributed by atoms with van der Waals surface area (Å²) in [5, 5.41) is 1.05. The van der Waals surface area contributed by atoms with E-state index in [0.29, 0.717) is 0 Å². The Hall–Kier alpha value is -1.20. The molecule has 17 heavy (non-hydrogen) atoms. The highest BCUT2D eigenvalue weighted by atomic mass is 32.2. The van der Waals surface area contributed by atoms with Gasteiger partial charge < -0.3 is 4.74 Å². The molecule has 0 N–H and O–H groups in total. The van der Waals surface area contributed by atoms with Gasteiger partial charge >= 0.3 is 0 Å². The van der Waals surface area contributed by atoms with Crippen LogP contribution in [-0.2, 0) is 9.63 Å². The second-order valence-electron chi connectivity index (χ2n) is 3.45. The van der Waals surface area contributed by atoms with Gasteiger partial charge in [-0.3, -0.25) is 9.63 Å². The Kier molecular flexibility index (Phi) is 5.31.